The van der Waals surface area contributed by atoms with Gasteiger partial charge in [-0.05, 0) is 31.0 Å². The molecule has 0 spiro atoms. The molecule has 0 bridgehead atoms. The molecular weight excluding hydrogens is 304 g/mol. The largest absolute Gasteiger partial charge is 0.343 e. The molecule has 4 rings (SSSR count). The minimum atomic E-state index is 0.150. The topological polar surface area (TPSA) is 68.3 Å². The van der Waals surface area contributed by atoms with Crippen LogP contribution in [0.4, 0.5) is 0 Å². The molecule has 1 aliphatic rings. The summed E-state index contributed by atoms with van der Waals surface area (Å²) in [6.45, 7) is 3.20. The van der Waals surface area contributed by atoms with E-state index in [2.05, 4.69) is 15.2 Å². The summed E-state index contributed by atoms with van der Waals surface area (Å²) < 4.78 is 3.69. The normalized spacial score (nSPS) is 16.0. The Hall–Kier alpha value is -2.70. The maximum atomic E-state index is 11.4. The number of pyridine rings is 1. The molecule has 24 heavy (non-hydrogen) atoms. The van der Waals surface area contributed by atoms with E-state index in [1.54, 1.807) is 13.1 Å². The minimum absolute atomic E-state index is 0.150. The van der Waals surface area contributed by atoms with Crippen LogP contribution in [0.15, 0.2) is 30.6 Å². The van der Waals surface area contributed by atoms with E-state index < -0.39 is 0 Å². The van der Waals surface area contributed by atoms with Crippen molar-refractivity contribution in [2.75, 3.05) is 13.1 Å². The molecule has 1 amide bonds. The number of piperidine rings is 1. The van der Waals surface area contributed by atoms with Gasteiger partial charge in [-0.2, -0.15) is 10.2 Å². The average Bonchev–Trinajstić information content (AvgIpc) is 3.20. The number of likely N-dealkylation sites (tertiary alicyclic amines) is 1. The molecule has 0 aromatic carbocycles. The summed E-state index contributed by atoms with van der Waals surface area (Å²) in [5.41, 5.74) is 2.96. The van der Waals surface area contributed by atoms with E-state index in [9.17, 15) is 4.79 Å². The van der Waals surface area contributed by atoms with Crippen molar-refractivity contribution in [3.8, 4) is 11.3 Å². The fraction of sp³-hybridized carbons (Fsp3) is 0.412. The van der Waals surface area contributed by atoms with Crippen LogP contribution in [-0.4, -0.2) is 48.3 Å². The first-order chi connectivity index (χ1) is 11.6. The van der Waals surface area contributed by atoms with Gasteiger partial charge in [0.25, 0.3) is 0 Å². The number of hydrogen-bond donors (Lipinski definition) is 0. The lowest BCUT2D eigenvalue weighted by molar-refractivity contribution is -0.129. The van der Waals surface area contributed by atoms with Crippen molar-refractivity contribution in [3.05, 3.63) is 36.4 Å². The first-order valence-corrected chi connectivity index (χ1v) is 8.22. The second kappa shape index (κ2) is 5.74. The van der Waals surface area contributed by atoms with Gasteiger partial charge in [0.15, 0.2) is 11.5 Å². The molecule has 4 heterocycles. The van der Waals surface area contributed by atoms with Gasteiger partial charge in [-0.25, -0.2) is 9.50 Å². The highest BCUT2D eigenvalue weighted by Crippen LogP contribution is 2.27. The summed E-state index contributed by atoms with van der Waals surface area (Å²) in [6.07, 6.45) is 5.62. The number of fused-ring (bicyclic) bond motifs is 1. The third-order valence-corrected chi connectivity index (χ3v) is 4.77. The maximum Gasteiger partial charge on any atom is 0.219 e. The number of hydrogen-bond acceptors (Lipinski definition) is 4. The van der Waals surface area contributed by atoms with E-state index in [1.165, 1.54) is 0 Å². The van der Waals surface area contributed by atoms with E-state index >= 15 is 0 Å². The average molecular weight is 324 g/mol. The Bertz CT molecular complexity index is 888. The van der Waals surface area contributed by atoms with E-state index in [-0.39, 0.29) is 5.91 Å². The molecule has 0 saturated carbocycles. The molecule has 1 saturated heterocycles. The van der Waals surface area contributed by atoms with Gasteiger partial charge in [0.2, 0.25) is 5.91 Å². The van der Waals surface area contributed by atoms with E-state index in [4.69, 9.17) is 0 Å². The zero-order chi connectivity index (χ0) is 16.7. The molecule has 0 N–H and O–H groups in total. The van der Waals surface area contributed by atoms with Crippen molar-refractivity contribution in [1.29, 1.82) is 0 Å². The quantitative estimate of drug-likeness (QED) is 0.721. The molecule has 0 unspecified atom stereocenters. The van der Waals surface area contributed by atoms with Crippen molar-refractivity contribution in [1.82, 2.24) is 29.3 Å². The number of carbonyl (C=O) groups excluding carboxylic acids is 1. The lowest BCUT2D eigenvalue weighted by atomic mass is 9.96. The van der Waals surface area contributed by atoms with Crippen LogP contribution in [0.1, 0.15) is 31.5 Å². The van der Waals surface area contributed by atoms with Crippen LogP contribution >= 0.6 is 0 Å². The summed E-state index contributed by atoms with van der Waals surface area (Å²) >= 11 is 0. The van der Waals surface area contributed by atoms with Crippen LogP contribution in [-0.2, 0) is 11.8 Å². The van der Waals surface area contributed by atoms with Crippen LogP contribution < -0.4 is 0 Å². The number of nitrogens with zero attached hydrogens (tertiary/aromatic N) is 6. The molecule has 1 aliphatic heterocycles. The SMILES string of the molecule is CC(=O)N1CCC(c2nc3ccc(-c4ccnn4C)cn3n2)CC1. The van der Waals surface area contributed by atoms with Crippen LogP contribution in [0.2, 0.25) is 0 Å². The first kappa shape index (κ1) is 14.9. The fourth-order valence-corrected chi connectivity index (χ4v) is 3.33. The fourth-order valence-electron chi connectivity index (χ4n) is 3.33. The number of aryl methyl sites for hydroxylation is 1. The van der Waals surface area contributed by atoms with E-state index in [1.807, 2.05) is 45.5 Å². The predicted octanol–water partition coefficient (Wildman–Crippen LogP) is 1.86. The van der Waals surface area contributed by atoms with Crippen molar-refractivity contribution in [2.45, 2.75) is 25.7 Å². The first-order valence-electron chi connectivity index (χ1n) is 8.22. The highest BCUT2D eigenvalue weighted by Gasteiger charge is 2.25. The summed E-state index contributed by atoms with van der Waals surface area (Å²) in [4.78, 5) is 18.0. The molecule has 0 atom stereocenters. The molecule has 3 aromatic heterocycles. The Balaban J connectivity index is 1.60. The molecule has 124 valence electrons. The van der Waals surface area contributed by atoms with Crippen molar-refractivity contribution in [3.63, 3.8) is 0 Å². The van der Waals surface area contributed by atoms with Crippen LogP contribution in [0.3, 0.4) is 0 Å². The van der Waals surface area contributed by atoms with Crippen molar-refractivity contribution < 1.29 is 4.79 Å². The van der Waals surface area contributed by atoms with Gasteiger partial charge in [-0.15, -0.1) is 0 Å². The highest BCUT2D eigenvalue weighted by atomic mass is 16.2. The number of carbonyl (C=O) groups is 1. The van der Waals surface area contributed by atoms with Gasteiger partial charge in [-0.1, -0.05) is 0 Å². The van der Waals surface area contributed by atoms with Gasteiger partial charge in [-0.3, -0.25) is 9.48 Å². The van der Waals surface area contributed by atoms with E-state index in [0.717, 1.165) is 48.7 Å². The van der Waals surface area contributed by atoms with E-state index in [0.29, 0.717) is 5.92 Å². The summed E-state index contributed by atoms with van der Waals surface area (Å²) in [5, 5.41) is 8.89. The second-order valence-electron chi connectivity index (χ2n) is 6.31. The molecule has 7 heteroatoms. The highest BCUT2D eigenvalue weighted by molar-refractivity contribution is 5.73. The summed E-state index contributed by atoms with van der Waals surface area (Å²) in [6, 6.07) is 6.02. The second-order valence-corrected chi connectivity index (χ2v) is 6.31. The third-order valence-electron chi connectivity index (χ3n) is 4.77. The minimum Gasteiger partial charge on any atom is -0.343 e. The Labute approximate surface area is 139 Å². The Morgan fingerprint density at radius 3 is 2.67 bits per heavy atom. The van der Waals surface area contributed by atoms with Gasteiger partial charge >= 0.3 is 0 Å². The smallest absolute Gasteiger partial charge is 0.219 e. The molecule has 0 radical (unpaired) electrons. The molecular formula is C17H20N6O. The molecule has 0 aliphatic carbocycles. The lowest BCUT2D eigenvalue weighted by Crippen LogP contribution is -2.36. The van der Waals surface area contributed by atoms with Crippen LogP contribution in [0.5, 0.6) is 0 Å². The molecule has 3 aromatic rings. The van der Waals surface area contributed by atoms with Gasteiger partial charge in [0, 0.05) is 50.9 Å². The zero-order valence-electron chi connectivity index (χ0n) is 13.9. The maximum absolute atomic E-state index is 11.4. The van der Waals surface area contributed by atoms with Gasteiger partial charge in [0.1, 0.15) is 0 Å². The number of rotatable bonds is 2. The zero-order valence-corrected chi connectivity index (χ0v) is 13.9. The molecule has 7 nitrogen and oxygen atoms in total. The van der Waals surface area contributed by atoms with Gasteiger partial charge in [0.05, 0.1) is 5.69 Å². The van der Waals surface area contributed by atoms with Gasteiger partial charge < -0.3 is 4.90 Å². The van der Waals surface area contributed by atoms with Crippen molar-refractivity contribution >= 4 is 11.6 Å². The number of aromatic nitrogens is 5. The van der Waals surface area contributed by atoms with Crippen LogP contribution in [0.25, 0.3) is 16.9 Å². The Morgan fingerprint density at radius 2 is 2.00 bits per heavy atom. The number of amides is 1. The monoisotopic (exact) mass is 324 g/mol. The molecule has 1 fully saturated rings. The third kappa shape index (κ3) is 2.55. The summed E-state index contributed by atoms with van der Waals surface area (Å²) in [5.74, 6) is 1.35. The van der Waals surface area contributed by atoms with Crippen molar-refractivity contribution in [2.24, 2.45) is 7.05 Å². The Morgan fingerprint density at radius 1 is 1.21 bits per heavy atom. The standard InChI is InChI=1S/C17H20N6O/c1-12(24)22-9-6-13(7-10-22)17-19-16-4-3-14(11-23(16)20-17)15-5-8-18-21(15)2/h3-5,8,11,13H,6-7,9-10H2,1-2H3. The Kier molecular flexibility index (Phi) is 3.55. The van der Waals surface area contributed by atoms with Crippen LogP contribution in [0, 0.1) is 0 Å². The lowest BCUT2D eigenvalue weighted by Gasteiger charge is -2.29. The predicted molar refractivity (Wildman–Crippen MR) is 89.4 cm³/mol. The summed E-state index contributed by atoms with van der Waals surface area (Å²) in [7, 11) is 1.93.